The van der Waals surface area contributed by atoms with Crippen molar-refractivity contribution in [3.8, 4) is 0 Å². The lowest BCUT2D eigenvalue weighted by Crippen LogP contribution is -2.44. The van der Waals surface area contributed by atoms with Crippen molar-refractivity contribution >= 4 is 17.3 Å². The van der Waals surface area contributed by atoms with Gasteiger partial charge in [0.15, 0.2) is 5.11 Å². The third kappa shape index (κ3) is 3.48. The quantitative estimate of drug-likeness (QED) is 0.670. The first kappa shape index (κ1) is 10.7. The van der Waals surface area contributed by atoms with Crippen molar-refractivity contribution in [2.75, 3.05) is 13.2 Å². The molecule has 1 saturated heterocycles. The zero-order valence-corrected chi connectivity index (χ0v) is 9.12. The summed E-state index contributed by atoms with van der Waals surface area (Å²) in [7, 11) is 0. The summed E-state index contributed by atoms with van der Waals surface area (Å²) in [5.41, 5.74) is 0. The summed E-state index contributed by atoms with van der Waals surface area (Å²) in [5, 5.41) is 7.16. The first-order chi connectivity index (χ1) is 6.24. The van der Waals surface area contributed by atoms with Gasteiger partial charge in [-0.3, -0.25) is 0 Å². The standard InChI is InChI=1S/C9H18N2OS/c1-3-5-10-9(13)11-8-4-6-12-7(8)2/h7-8H,3-6H2,1-2H3,(H2,10,11,13). The number of hydrogen-bond acceptors (Lipinski definition) is 2. The van der Waals surface area contributed by atoms with Gasteiger partial charge in [0, 0.05) is 13.2 Å². The van der Waals surface area contributed by atoms with E-state index in [0.29, 0.717) is 6.04 Å². The molecule has 0 spiro atoms. The predicted molar refractivity (Wildman–Crippen MR) is 57.8 cm³/mol. The zero-order valence-electron chi connectivity index (χ0n) is 8.30. The molecule has 1 heterocycles. The fraction of sp³-hybridized carbons (Fsp3) is 0.889. The van der Waals surface area contributed by atoms with Crippen LogP contribution in [0.15, 0.2) is 0 Å². The molecule has 1 rings (SSSR count). The highest BCUT2D eigenvalue weighted by atomic mass is 32.1. The van der Waals surface area contributed by atoms with Gasteiger partial charge < -0.3 is 15.4 Å². The van der Waals surface area contributed by atoms with Crippen molar-refractivity contribution in [2.24, 2.45) is 0 Å². The minimum atomic E-state index is 0.279. The van der Waals surface area contributed by atoms with Gasteiger partial charge in [0.25, 0.3) is 0 Å². The lowest BCUT2D eigenvalue weighted by atomic mass is 10.2. The molecule has 0 aromatic carbocycles. The Morgan fingerprint density at radius 1 is 1.62 bits per heavy atom. The predicted octanol–water partition coefficient (Wildman–Crippen LogP) is 1.04. The number of ether oxygens (including phenoxy) is 1. The summed E-state index contributed by atoms with van der Waals surface area (Å²) in [4.78, 5) is 0. The van der Waals surface area contributed by atoms with Crippen LogP contribution in [0.3, 0.4) is 0 Å². The minimum absolute atomic E-state index is 0.279. The summed E-state index contributed by atoms with van der Waals surface area (Å²) in [6, 6.07) is 0.386. The first-order valence-electron chi connectivity index (χ1n) is 4.90. The monoisotopic (exact) mass is 202 g/mol. The largest absolute Gasteiger partial charge is 0.376 e. The number of nitrogens with one attached hydrogen (secondary N) is 2. The van der Waals surface area contributed by atoms with E-state index in [1.165, 1.54) is 0 Å². The van der Waals surface area contributed by atoms with E-state index in [1.54, 1.807) is 0 Å². The number of rotatable bonds is 3. The van der Waals surface area contributed by atoms with Crippen LogP contribution in [0.1, 0.15) is 26.7 Å². The van der Waals surface area contributed by atoms with E-state index in [4.69, 9.17) is 17.0 Å². The molecule has 0 aromatic heterocycles. The molecule has 1 fully saturated rings. The van der Waals surface area contributed by atoms with Gasteiger partial charge in [-0.1, -0.05) is 6.92 Å². The molecule has 0 aliphatic carbocycles. The fourth-order valence-electron chi connectivity index (χ4n) is 1.38. The zero-order chi connectivity index (χ0) is 9.68. The van der Waals surface area contributed by atoms with Gasteiger partial charge in [0.05, 0.1) is 12.1 Å². The van der Waals surface area contributed by atoms with Crippen LogP contribution in [0, 0.1) is 0 Å². The topological polar surface area (TPSA) is 33.3 Å². The Bertz CT molecular complexity index is 175. The van der Waals surface area contributed by atoms with E-state index in [2.05, 4.69) is 24.5 Å². The van der Waals surface area contributed by atoms with Crippen molar-refractivity contribution in [1.29, 1.82) is 0 Å². The Morgan fingerprint density at radius 3 is 2.92 bits per heavy atom. The molecule has 2 atom stereocenters. The second-order valence-corrected chi connectivity index (χ2v) is 3.78. The molecular weight excluding hydrogens is 184 g/mol. The minimum Gasteiger partial charge on any atom is -0.376 e. The molecule has 0 radical (unpaired) electrons. The third-order valence-corrected chi connectivity index (χ3v) is 2.49. The van der Waals surface area contributed by atoms with Crippen LogP contribution >= 0.6 is 12.2 Å². The van der Waals surface area contributed by atoms with Crippen molar-refractivity contribution < 1.29 is 4.74 Å². The molecule has 2 N–H and O–H groups in total. The Hall–Kier alpha value is -0.350. The van der Waals surface area contributed by atoms with Crippen molar-refractivity contribution in [1.82, 2.24) is 10.6 Å². The highest BCUT2D eigenvalue weighted by Gasteiger charge is 2.24. The third-order valence-electron chi connectivity index (χ3n) is 2.23. The summed E-state index contributed by atoms with van der Waals surface area (Å²) >= 11 is 5.13. The van der Waals surface area contributed by atoms with Crippen LogP contribution in [0.5, 0.6) is 0 Å². The average Bonchev–Trinajstić information content (AvgIpc) is 2.48. The smallest absolute Gasteiger partial charge is 0.166 e. The van der Waals surface area contributed by atoms with Gasteiger partial charge in [-0.2, -0.15) is 0 Å². The summed E-state index contributed by atoms with van der Waals surface area (Å²) in [5.74, 6) is 0. The molecule has 1 aliphatic heterocycles. The molecule has 2 unspecified atom stereocenters. The maximum absolute atomic E-state index is 5.42. The van der Waals surface area contributed by atoms with Crippen molar-refractivity contribution in [2.45, 2.75) is 38.8 Å². The molecule has 0 amide bonds. The van der Waals surface area contributed by atoms with Gasteiger partial charge in [-0.25, -0.2) is 0 Å². The average molecular weight is 202 g/mol. The van der Waals surface area contributed by atoms with Gasteiger partial charge >= 0.3 is 0 Å². The van der Waals surface area contributed by atoms with E-state index in [0.717, 1.165) is 31.1 Å². The Labute approximate surface area is 85.2 Å². The summed E-state index contributed by atoms with van der Waals surface area (Å²) in [6.45, 7) is 5.98. The second-order valence-electron chi connectivity index (χ2n) is 3.37. The maximum Gasteiger partial charge on any atom is 0.166 e. The SMILES string of the molecule is CCCNC(=S)NC1CCOC1C. The van der Waals surface area contributed by atoms with E-state index < -0.39 is 0 Å². The van der Waals surface area contributed by atoms with Crippen LogP contribution in [0.25, 0.3) is 0 Å². The molecule has 0 saturated carbocycles. The normalized spacial score (nSPS) is 27.2. The van der Waals surface area contributed by atoms with Crippen molar-refractivity contribution in [3.05, 3.63) is 0 Å². The van der Waals surface area contributed by atoms with E-state index in [-0.39, 0.29) is 6.10 Å². The van der Waals surface area contributed by atoms with Gasteiger partial charge in [-0.15, -0.1) is 0 Å². The van der Waals surface area contributed by atoms with Crippen LogP contribution in [0.2, 0.25) is 0 Å². The van der Waals surface area contributed by atoms with Crippen LogP contribution < -0.4 is 10.6 Å². The molecule has 0 aromatic rings. The highest BCUT2D eigenvalue weighted by Crippen LogP contribution is 2.11. The molecule has 0 bridgehead atoms. The van der Waals surface area contributed by atoms with E-state index in [9.17, 15) is 0 Å². The Morgan fingerprint density at radius 2 is 2.38 bits per heavy atom. The summed E-state index contributed by atoms with van der Waals surface area (Å²) in [6.07, 6.45) is 2.43. The Kier molecular flexibility index (Phi) is 4.45. The van der Waals surface area contributed by atoms with Gasteiger partial charge in [-0.05, 0) is 32.0 Å². The maximum atomic E-state index is 5.42. The molecular formula is C9H18N2OS. The fourth-order valence-corrected chi connectivity index (χ4v) is 1.63. The summed E-state index contributed by atoms with van der Waals surface area (Å²) < 4.78 is 5.42. The number of thiocarbonyl (C=S) groups is 1. The molecule has 4 heteroatoms. The van der Waals surface area contributed by atoms with E-state index >= 15 is 0 Å². The molecule has 1 aliphatic rings. The van der Waals surface area contributed by atoms with Crippen LogP contribution in [0.4, 0.5) is 0 Å². The first-order valence-corrected chi connectivity index (χ1v) is 5.31. The molecule has 3 nitrogen and oxygen atoms in total. The molecule has 13 heavy (non-hydrogen) atoms. The Balaban J connectivity index is 2.19. The van der Waals surface area contributed by atoms with Crippen LogP contribution in [-0.4, -0.2) is 30.4 Å². The van der Waals surface area contributed by atoms with E-state index in [1.807, 2.05) is 0 Å². The van der Waals surface area contributed by atoms with Gasteiger partial charge in [0.1, 0.15) is 0 Å². The lowest BCUT2D eigenvalue weighted by Gasteiger charge is -2.18. The molecule has 76 valence electrons. The van der Waals surface area contributed by atoms with Crippen LogP contribution in [-0.2, 0) is 4.74 Å². The highest BCUT2D eigenvalue weighted by molar-refractivity contribution is 7.80. The second kappa shape index (κ2) is 5.40. The van der Waals surface area contributed by atoms with Crippen molar-refractivity contribution in [3.63, 3.8) is 0 Å². The lowest BCUT2D eigenvalue weighted by molar-refractivity contribution is 0.116. The number of hydrogen-bond donors (Lipinski definition) is 2. The van der Waals surface area contributed by atoms with Gasteiger partial charge in [0.2, 0.25) is 0 Å².